The van der Waals surface area contributed by atoms with Gasteiger partial charge in [0.2, 0.25) is 0 Å². The normalized spacial score (nSPS) is 11.0. The minimum atomic E-state index is -0.412. The van der Waals surface area contributed by atoms with Gasteiger partial charge in [-0.25, -0.2) is 4.68 Å². The number of aromatic nitrogens is 2. The summed E-state index contributed by atoms with van der Waals surface area (Å²) in [6, 6.07) is 16.0. The Hall–Kier alpha value is -3.19. The number of carbonyl (C=O) groups is 1. The van der Waals surface area contributed by atoms with Crippen molar-refractivity contribution in [3.05, 3.63) is 87.7 Å². The quantitative estimate of drug-likeness (QED) is 0.357. The third kappa shape index (κ3) is 4.15. The molecule has 2 aromatic carbocycles. The van der Waals surface area contributed by atoms with Crippen molar-refractivity contribution in [2.45, 2.75) is 23.6 Å². The predicted octanol–water partition coefficient (Wildman–Crippen LogP) is 4.91. The number of hydrogen-bond acceptors (Lipinski definition) is 5. The van der Waals surface area contributed by atoms with E-state index in [0.717, 1.165) is 10.5 Å². The number of benzene rings is 2. The van der Waals surface area contributed by atoms with Crippen molar-refractivity contribution >= 4 is 29.4 Å². The lowest BCUT2D eigenvalue weighted by Crippen LogP contribution is -2.11. The van der Waals surface area contributed by atoms with Crippen molar-refractivity contribution < 1.29 is 9.72 Å². The third-order valence-corrected chi connectivity index (χ3v) is 5.29. The van der Waals surface area contributed by atoms with E-state index in [2.05, 4.69) is 5.10 Å². The summed E-state index contributed by atoms with van der Waals surface area (Å²) < 4.78 is 1.33. The second kappa shape index (κ2) is 8.01. The Morgan fingerprint density at radius 1 is 1.11 bits per heavy atom. The molecule has 3 rings (SSSR count). The SMILES string of the molecule is Cc1nn(C(=O)C=Cc2ccccc2)c(C)c1Sc1ccccc1[N+](=O)[O-]. The lowest BCUT2D eigenvalue weighted by atomic mass is 10.2. The number of nitrogens with zero attached hydrogens (tertiary/aromatic N) is 3. The first-order valence-electron chi connectivity index (χ1n) is 8.22. The number of rotatable bonds is 5. The highest BCUT2D eigenvalue weighted by atomic mass is 32.2. The Bertz CT molecular complexity index is 1030. The molecule has 0 fully saturated rings. The zero-order chi connectivity index (χ0) is 19.4. The lowest BCUT2D eigenvalue weighted by Gasteiger charge is -2.04. The molecule has 7 heteroatoms. The van der Waals surface area contributed by atoms with Gasteiger partial charge >= 0.3 is 0 Å². The molecule has 0 aliphatic rings. The minimum Gasteiger partial charge on any atom is -0.267 e. The molecule has 0 amide bonds. The van der Waals surface area contributed by atoms with Crippen LogP contribution in [0, 0.1) is 24.0 Å². The summed E-state index contributed by atoms with van der Waals surface area (Å²) in [4.78, 5) is 24.6. The van der Waals surface area contributed by atoms with E-state index in [1.807, 2.05) is 30.3 Å². The molecular formula is C20H17N3O3S. The van der Waals surface area contributed by atoms with E-state index >= 15 is 0 Å². The molecule has 0 aliphatic carbocycles. The summed E-state index contributed by atoms with van der Waals surface area (Å²) in [6.45, 7) is 3.57. The van der Waals surface area contributed by atoms with Crippen molar-refractivity contribution in [1.29, 1.82) is 0 Å². The molecule has 0 atom stereocenters. The van der Waals surface area contributed by atoms with Gasteiger partial charge in [0, 0.05) is 12.1 Å². The van der Waals surface area contributed by atoms with E-state index in [0.29, 0.717) is 16.3 Å². The van der Waals surface area contributed by atoms with E-state index < -0.39 is 4.92 Å². The predicted molar refractivity (Wildman–Crippen MR) is 105 cm³/mol. The molecular weight excluding hydrogens is 362 g/mol. The van der Waals surface area contributed by atoms with Crippen molar-refractivity contribution in [3.8, 4) is 0 Å². The zero-order valence-electron chi connectivity index (χ0n) is 14.8. The van der Waals surface area contributed by atoms with Gasteiger partial charge in [0.25, 0.3) is 11.6 Å². The summed E-state index contributed by atoms with van der Waals surface area (Å²) in [5, 5.41) is 15.5. The molecule has 0 aliphatic heterocycles. The fraction of sp³-hybridized carbons (Fsp3) is 0.100. The van der Waals surface area contributed by atoms with Crippen LogP contribution in [-0.2, 0) is 0 Å². The third-order valence-electron chi connectivity index (χ3n) is 3.93. The number of carbonyl (C=O) groups excluding carboxylic acids is 1. The second-order valence-corrected chi connectivity index (χ2v) is 6.87. The van der Waals surface area contributed by atoms with Crippen molar-refractivity contribution in [1.82, 2.24) is 9.78 Å². The topological polar surface area (TPSA) is 78.0 Å². The van der Waals surface area contributed by atoms with Gasteiger partial charge < -0.3 is 0 Å². The number of aryl methyl sites for hydroxylation is 1. The molecule has 0 radical (unpaired) electrons. The van der Waals surface area contributed by atoms with E-state index in [9.17, 15) is 14.9 Å². The van der Waals surface area contributed by atoms with E-state index in [1.165, 1.54) is 28.6 Å². The summed E-state index contributed by atoms with van der Waals surface area (Å²) in [6.07, 6.45) is 3.20. The van der Waals surface area contributed by atoms with Gasteiger partial charge in [-0.05, 0) is 31.6 Å². The smallest absolute Gasteiger partial charge is 0.267 e. The number of nitro groups is 1. The average Bonchev–Trinajstić information content (AvgIpc) is 2.95. The van der Waals surface area contributed by atoms with Crippen molar-refractivity contribution in [2.75, 3.05) is 0 Å². The molecule has 0 bridgehead atoms. The molecule has 27 heavy (non-hydrogen) atoms. The van der Waals surface area contributed by atoms with Crippen LogP contribution in [0.1, 0.15) is 21.7 Å². The van der Waals surface area contributed by atoms with Gasteiger partial charge in [-0.3, -0.25) is 14.9 Å². The standard InChI is InChI=1S/C20H17N3O3S/c1-14-20(27-18-11-7-6-10-17(18)23(25)26)15(2)22(21-14)19(24)13-12-16-8-4-3-5-9-16/h3-13H,1-2H3. The highest BCUT2D eigenvalue weighted by molar-refractivity contribution is 7.99. The maximum Gasteiger partial charge on any atom is 0.283 e. The van der Waals surface area contributed by atoms with E-state index in [4.69, 9.17) is 0 Å². The first-order chi connectivity index (χ1) is 13.0. The van der Waals surface area contributed by atoms with Crippen molar-refractivity contribution in [3.63, 3.8) is 0 Å². The van der Waals surface area contributed by atoms with Gasteiger partial charge in [0.05, 0.1) is 26.1 Å². The van der Waals surface area contributed by atoms with Gasteiger partial charge in [0.1, 0.15) is 0 Å². The summed E-state index contributed by atoms with van der Waals surface area (Å²) in [5.41, 5.74) is 2.25. The summed E-state index contributed by atoms with van der Waals surface area (Å²) in [7, 11) is 0. The molecule has 6 nitrogen and oxygen atoms in total. The van der Waals surface area contributed by atoms with E-state index in [-0.39, 0.29) is 11.6 Å². The molecule has 1 heterocycles. The fourth-order valence-corrected chi connectivity index (χ4v) is 3.63. The van der Waals surface area contributed by atoms with Crippen LogP contribution in [-0.4, -0.2) is 20.6 Å². The highest BCUT2D eigenvalue weighted by Crippen LogP contribution is 2.37. The number of nitro benzene ring substituents is 1. The number of allylic oxidation sites excluding steroid dienone is 1. The Morgan fingerprint density at radius 2 is 1.78 bits per heavy atom. The number of hydrogen-bond donors (Lipinski definition) is 0. The molecule has 0 spiro atoms. The Labute approximate surface area is 160 Å². The second-order valence-electron chi connectivity index (χ2n) is 5.82. The fourth-order valence-electron chi connectivity index (χ4n) is 2.60. The van der Waals surface area contributed by atoms with Crippen LogP contribution in [0.3, 0.4) is 0 Å². The molecule has 1 aromatic heterocycles. The molecule has 0 N–H and O–H groups in total. The minimum absolute atomic E-state index is 0.0318. The van der Waals surface area contributed by atoms with Gasteiger partial charge in [-0.15, -0.1) is 0 Å². The highest BCUT2D eigenvalue weighted by Gasteiger charge is 2.20. The molecule has 136 valence electrons. The number of para-hydroxylation sites is 1. The summed E-state index contributed by atoms with van der Waals surface area (Å²) >= 11 is 1.25. The van der Waals surface area contributed by atoms with Gasteiger partial charge in [-0.2, -0.15) is 5.10 Å². The van der Waals surface area contributed by atoms with Crippen LogP contribution in [0.15, 0.2) is 70.5 Å². The van der Waals surface area contributed by atoms with Crippen LogP contribution in [0.5, 0.6) is 0 Å². The Kier molecular flexibility index (Phi) is 5.52. The Balaban J connectivity index is 1.88. The first kappa shape index (κ1) is 18.6. The molecule has 0 unspecified atom stereocenters. The monoisotopic (exact) mass is 379 g/mol. The summed E-state index contributed by atoms with van der Waals surface area (Å²) in [5.74, 6) is -0.270. The van der Waals surface area contributed by atoms with Crippen LogP contribution < -0.4 is 0 Å². The van der Waals surface area contributed by atoms with E-state index in [1.54, 1.807) is 38.1 Å². The van der Waals surface area contributed by atoms with Crippen LogP contribution >= 0.6 is 11.8 Å². The molecule has 3 aromatic rings. The average molecular weight is 379 g/mol. The maximum atomic E-state index is 12.5. The molecule has 0 saturated carbocycles. The molecule has 0 saturated heterocycles. The zero-order valence-corrected chi connectivity index (χ0v) is 15.6. The van der Waals surface area contributed by atoms with Gasteiger partial charge in [-0.1, -0.05) is 54.2 Å². The van der Waals surface area contributed by atoms with Crippen molar-refractivity contribution in [2.24, 2.45) is 0 Å². The van der Waals surface area contributed by atoms with Gasteiger partial charge in [0.15, 0.2) is 0 Å². The lowest BCUT2D eigenvalue weighted by molar-refractivity contribution is -0.387. The maximum absolute atomic E-state index is 12.5. The van der Waals surface area contributed by atoms with Crippen LogP contribution in [0.25, 0.3) is 6.08 Å². The first-order valence-corrected chi connectivity index (χ1v) is 9.04. The largest absolute Gasteiger partial charge is 0.283 e. The Morgan fingerprint density at radius 3 is 2.48 bits per heavy atom. The van der Waals surface area contributed by atoms with Crippen LogP contribution in [0.2, 0.25) is 0 Å². The van der Waals surface area contributed by atoms with Crippen LogP contribution in [0.4, 0.5) is 5.69 Å².